The molecule has 1 heterocycles. The van der Waals surface area contributed by atoms with E-state index in [-0.39, 0.29) is 5.91 Å². The van der Waals surface area contributed by atoms with E-state index in [4.69, 9.17) is 0 Å². The number of rotatable bonds is 3. The molecule has 0 aromatic carbocycles. The minimum Gasteiger partial charge on any atom is -0.356 e. The van der Waals surface area contributed by atoms with Gasteiger partial charge in [-0.3, -0.25) is 4.79 Å². The maximum Gasteiger partial charge on any atom is 0.221 e. The van der Waals surface area contributed by atoms with Crippen LogP contribution in [-0.4, -0.2) is 25.0 Å². The standard InChI is InChI=1S/C12H22N2O/c15-12-8-11(6-3-7-13-12)14-9-10-4-1-2-5-10/h10-11,14H,1-9H2,(H,13,15). The summed E-state index contributed by atoms with van der Waals surface area (Å²) in [5.74, 6) is 1.09. The predicted molar refractivity (Wildman–Crippen MR) is 60.6 cm³/mol. The smallest absolute Gasteiger partial charge is 0.221 e. The van der Waals surface area contributed by atoms with Gasteiger partial charge in [-0.2, -0.15) is 0 Å². The van der Waals surface area contributed by atoms with Crippen molar-refractivity contribution in [3.8, 4) is 0 Å². The highest BCUT2D eigenvalue weighted by atomic mass is 16.1. The average molecular weight is 210 g/mol. The monoisotopic (exact) mass is 210 g/mol. The summed E-state index contributed by atoms with van der Waals surface area (Å²) in [5.41, 5.74) is 0. The average Bonchev–Trinajstić information content (AvgIpc) is 2.65. The summed E-state index contributed by atoms with van der Waals surface area (Å²) >= 11 is 0. The first-order valence-electron chi connectivity index (χ1n) is 6.34. The molecule has 3 nitrogen and oxygen atoms in total. The Morgan fingerprint density at radius 1 is 1.20 bits per heavy atom. The second-order valence-corrected chi connectivity index (χ2v) is 4.95. The molecular weight excluding hydrogens is 188 g/mol. The van der Waals surface area contributed by atoms with Crippen LogP contribution in [0.5, 0.6) is 0 Å². The van der Waals surface area contributed by atoms with E-state index in [1.54, 1.807) is 0 Å². The summed E-state index contributed by atoms with van der Waals surface area (Å²) in [6, 6.07) is 0.424. The summed E-state index contributed by atoms with van der Waals surface area (Å²) in [6.07, 6.45) is 8.50. The molecule has 1 atom stereocenters. The molecule has 1 saturated carbocycles. The molecule has 2 fully saturated rings. The Labute approximate surface area is 92.0 Å². The zero-order valence-corrected chi connectivity index (χ0v) is 9.43. The Morgan fingerprint density at radius 2 is 2.00 bits per heavy atom. The highest BCUT2D eigenvalue weighted by molar-refractivity contribution is 5.76. The van der Waals surface area contributed by atoms with Gasteiger partial charge in [0.05, 0.1) is 0 Å². The van der Waals surface area contributed by atoms with Crippen LogP contribution in [0.15, 0.2) is 0 Å². The van der Waals surface area contributed by atoms with Gasteiger partial charge >= 0.3 is 0 Å². The van der Waals surface area contributed by atoms with Crippen molar-refractivity contribution in [1.29, 1.82) is 0 Å². The number of amides is 1. The molecule has 0 bridgehead atoms. The van der Waals surface area contributed by atoms with E-state index in [0.717, 1.165) is 31.8 Å². The number of hydrogen-bond donors (Lipinski definition) is 2. The molecule has 2 rings (SSSR count). The Hall–Kier alpha value is -0.570. The Kier molecular flexibility index (Phi) is 4.01. The quantitative estimate of drug-likeness (QED) is 0.740. The summed E-state index contributed by atoms with van der Waals surface area (Å²) < 4.78 is 0. The van der Waals surface area contributed by atoms with E-state index in [2.05, 4.69) is 10.6 Å². The normalized spacial score (nSPS) is 28.8. The van der Waals surface area contributed by atoms with Crippen molar-refractivity contribution in [2.24, 2.45) is 5.92 Å². The predicted octanol–water partition coefficient (Wildman–Crippen LogP) is 1.43. The number of nitrogens with one attached hydrogen (secondary N) is 2. The maximum absolute atomic E-state index is 11.3. The number of carbonyl (C=O) groups excluding carboxylic acids is 1. The summed E-state index contributed by atoms with van der Waals surface area (Å²) in [5, 5.41) is 6.50. The lowest BCUT2D eigenvalue weighted by Crippen LogP contribution is -2.35. The first-order chi connectivity index (χ1) is 7.34. The Morgan fingerprint density at radius 3 is 2.80 bits per heavy atom. The first kappa shape index (κ1) is 10.9. The zero-order chi connectivity index (χ0) is 10.5. The van der Waals surface area contributed by atoms with Gasteiger partial charge in [-0.05, 0) is 38.1 Å². The molecule has 86 valence electrons. The summed E-state index contributed by atoms with van der Waals surface area (Å²) in [6.45, 7) is 1.98. The van der Waals surface area contributed by atoms with Crippen molar-refractivity contribution in [3.63, 3.8) is 0 Å². The Bertz CT molecular complexity index is 212. The summed E-state index contributed by atoms with van der Waals surface area (Å²) in [7, 11) is 0. The fourth-order valence-electron chi connectivity index (χ4n) is 2.70. The third kappa shape index (κ3) is 3.49. The van der Waals surface area contributed by atoms with Crippen LogP contribution in [-0.2, 0) is 4.79 Å². The van der Waals surface area contributed by atoms with E-state index in [0.29, 0.717) is 12.5 Å². The molecule has 2 N–H and O–H groups in total. The minimum atomic E-state index is 0.219. The van der Waals surface area contributed by atoms with Crippen LogP contribution >= 0.6 is 0 Å². The zero-order valence-electron chi connectivity index (χ0n) is 9.43. The molecule has 0 aromatic rings. The number of carbonyl (C=O) groups is 1. The molecule has 1 aliphatic carbocycles. The lowest BCUT2D eigenvalue weighted by Gasteiger charge is -2.18. The van der Waals surface area contributed by atoms with Crippen LogP contribution in [0.1, 0.15) is 44.9 Å². The van der Waals surface area contributed by atoms with E-state index >= 15 is 0 Å². The SMILES string of the molecule is O=C1CC(NCC2CCCC2)CCCN1. The molecule has 0 aromatic heterocycles. The molecule has 0 spiro atoms. The van der Waals surface area contributed by atoms with Crippen LogP contribution in [0, 0.1) is 5.92 Å². The highest BCUT2D eigenvalue weighted by Crippen LogP contribution is 2.24. The second kappa shape index (κ2) is 5.50. The molecule has 1 saturated heterocycles. The maximum atomic E-state index is 11.3. The first-order valence-corrected chi connectivity index (χ1v) is 6.34. The van der Waals surface area contributed by atoms with Crippen LogP contribution in [0.3, 0.4) is 0 Å². The van der Waals surface area contributed by atoms with Crippen LogP contribution in [0.4, 0.5) is 0 Å². The van der Waals surface area contributed by atoms with Gasteiger partial charge < -0.3 is 10.6 Å². The van der Waals surface area contributed by atoms with Crippen molar-refractivity contribution in [3.05, 3.63) is 0 Å². The fraction of sp³-hybridized carbons (Fsp3) is 0.917. The second-order valence-electron chi connectivity index (χ2n) is 4.95. The van der Waals surface area contributed by atoms with Gasteiger partial charge in [0, 0.05) is 19.0 Å². The van der Waals surface area contributed by atoms with Crippen molar-refractivity contribution in [1.82, 2.24) is 10.6 Å². The third-order valence-corrected chi connectivity index (χ3v) is 3.65. The molecular formula is C12H22N2O. The fourth-order valence-corrected chi connectivity index (χ4v) is 2.70. The van der Waals surface area contributed by atoms with Crippen LogP contribution < -0.4 is 10.6 Å². The van der Waals surface area contributed by atoms with Crippen molar-refractivity contribution >= 4 is 5.91 Å². The highest BCUT2D eigenvalue weighted by Gasteiger charge is 2.19. The van der Waals surface area contributed by atoms with E-state index in [9.17, 15) is 4.79 Å². The van der Waals surface area contributed by atoms with Gasteiger partial charge in [0.2, 0.25) is 5.91 Å². The molecule has 1 amide bonds. The van der Waals surface area contributed by atoms with Crippen molar-refractivity contribution < 1.29 is 4.79 Å². The lowest BCUT2D eigenvalue weighted by molar-refractivity contribution is -0.121. The molecule has 0 radical (unpaired) electrons. The van der Waals surface area contributed by atoms with Crippen molar-refractivity contribution in [2.75, 3.05) is 13.1 Å². The molecule has 15 heavy (non-hydrogen) atoms. The van der Waals surface area contributed by atoms with Gasteiger partial charge in [-0.25, -0.2) is 0 Å². The topological polar surface area (TPSA) is 41.1 Å². The van der Waals surface area contributed by atoms with Crippen molar-refractivity contribution in [2.45, 2.75) is 51.0 Å². The van der Waals surface area contributed by atoms with Gasteiger partial charge in [0.25, 0.3) is 0 Å². The van der Waals surface area contributed by atoms with Gasteiger partial charge in [-0.1, -0.05) is 12.8 Å². The third-order valence-electron chi connectivity index (χ3n) is 3.65. The minimum absolute atomic E-state index is 0.219. The number of hydrogen-bond acceptors (Lipinski definition) is 2. The molecule has 3 heteroatoms. The van der Waals surface area contributed by atoms with E-state index < -0.39 is 0 Å². The lowest BCUT2D eigenvalue weighted by atomic mass is 10.1. The van der Waals surface area contributed by atoms with Crippen LogP contribution in [0.25, 0.3) is 0 Å². The molecule has 1 unspecified atom stereocenters. The molecule has 2 aliphatic rings. The molecule has 1 aliphatic heterocycles. The largest absolute Gasteiger partial charge is 0.356 e. The summed E-state index contributed by atoms with van der Waals surface area (Å²) in [4.78, 5) is 11.3. The van der Waals surface area contributed by atoms with E-state index in [1.807, 2.05) is 0 Å². The van der Waals surface area contributed by atoms with Gasteiger partial charge in [-0.15, -0.1) is 0 Å². The van der Waals surface area contributed by atoms with E-state index in [1.165, 1.54) is 25.7 Å². The Balaban J connectivity index is 1.70. The van der Waals surface area contributed by atoms with Crippen LogP contribution in [0.2, 0.25) is 0 Å². The van der Waals surface area contributed by atoms with Gasteiger partial charge in [0.1, 0.15) is 0 Å². The van der Waals surface area contributed by atoms with Gasteiger partial charge in [0.15, 0.2) is 0 Å².